The zero-order chi connectivity index (χ0) is 20.8. The van der Waals surface area contributed by atoms with Crippen molar-refractivity contribution in [2.75, 3.05) is 12.0 Å². The molecule has 1 aromatic heterocycles. The Hall–Kier alpha value is -1.85. The summed E-state index contributed by atoms with van der Waals surface area (Å²) in [5.74, 6) is 1.68. The summed E-state index contributed by atoms with van der Waals surface area (Å²) >= 11 is 6.10. The van der Waals surface area contributed by atoms with E-state index in [2.05, 4.69) is 54.2 Å². The molecule has 1 saturated heterocycles. The Morgan fingerprint density at radius 1 is 1.00 bits per heavy atom. The van der Waals surface area contributed by atoms with Gasteiger partial charge in [-0.3, -0.25) is 0 Å². The van der Waals surface area contributed by atoms with Gasteiger partial charge in [-0.25, -0.2) is 0 Å². The molecule has 0 spiro atoms. The number of nitrogens with one attached hydrogen (secondary N) is 1. The number of methoxy groups -OCH3 is 1. The molecule has 4 rings (SSSR count). The van der Waals surface area contributed by atoms with Crippen LogP contribution in [0.1, 0.15) is 53.4 Å². The smallest absolute Gasteiger partial charge is 0.151 e. The van der Waals surface area contributed by atoms with E-state index in [0.29, 0.717) is 22.9 Å². The highest BCUT2D eigenvalue weighted by molar-refractivity contribution is 6.30. The summed E-state index contributed by atoms with van der Waals surface area (Å²) < 4.78 is 5.48. The summed E-state index contributed by atoms with van der Waals surface area (Å²) in [5.41, 5.74) is 1.90. The topological polar surface area (TPSA) is 50.3 Å². The average Bonchev–Trinajstić information content (AvgIpc) is 3.45. The highest BCUT2D eigenvalue weighted by Crippen LogP contribution is 2.40. The van der Waals surface area contributed by atoms with Crippen LogP contribution >= 0.6 is 11.6 Å². The third kappa shape index (κ3) is 4.51. The maximum Gasteiger partial charge on any atom is 0.151 e. The van der Waals surface area contributed by atoms with Crippen LogP contribution < -0.4 is 15.0 Å². The summed E-state index contributed by atoms with van der Waals surface area (Å²) in [6.07, 6.45) is 4.67. The van der Waals surface area contributed by atoms with E-state index in [1.165, 1.54) is 12.8 Å². The largest absolute Gasteiger partial charge is 0.496 e. The van der Waals surface area contributed by atoms with Crippen molar-refractivity contribution in [2.45, 2.75) is 76.5 Å². The molecule has 29 heavy (non-hydrogen) atoms. The fourth-order valence-corrected chi connectivity index (χ4v) is 5.14. The highest BCUT2D eigenvalue weighted by Gasteiger charge is 2.44. The lowest BCUT2D eigenvalue weighted by molar-refractivity contribution is 0.157. The van der Waals surface area contributed by atoms with Crippen LogP contribution in [0.5, 0.6) is 5.75 Å². The lowest BCUT2D eigenvalue weighted by atomic mass is 9.79. The van der Waals surface area contributed by atoms with E-state index in [0.717, 1.165) is 29.9 Å². The molecule has 1 aliphatic heterocycles. The molecule has 1 aliphatic carbocycles. The van der Waals surface area contributed by atoms with Crippen molar-refractivity contribution < 1.29 is 4.74 Å². The predicted octanol–water partition coefficient (Wildman–Crippen LogP) is 5.08. The molecular weight excluding hydrogens is 384 g/mol. The van der Waals surface area contributed by atoms with Gasteiger partial charge in [-0.05, 0) is 83.7 Å². The number of nitrogens with zero attached hydrogens (tertiary/aromatic N) is 3. The Kier molecular flexibility index (Phi) is 5.24. The minimum atomic E-state index is 0.101. The first-order chi connectivity index (χ1) is 13.7. The molecule has 0 amide bonds. The second kappa shape index (κ2) is 7.44. The number of ether oxygens (including phenoxy) is 1. The Labute approximate surface area is 178 Å². The van der Waals surface area contributed by atoms with Gasteiger partial charge in [0.05, 0.1) is 12.8 Å². The Bertz CT molecular complexity index is 861. The highest BCUT2D eigenvalue weighted by atomic mass is 35.5. The van der Waals surface area contributed by atoms with Gasteiger partial charge in [0.25, 0.3) is 0 Å². The van der Waals surface area contributed by atoms with Crippen LogP contribution in [-0.2, 0) is 0 Å². The Balaban J connectivity index is 1.63. The van der Waals surface area contributed by atoms with Gasteiger partial charge in [-0.15, -0.1) is 10.2 Å². The maximum absolute atomic E-state index is 6.10. The number of benzene rings is 1. The van der Waals surface area contributed by atoms with E-state index in [9.17, 15) is 0 Å². The first-order valence-corrected chi connectivity index (χ1v) is 10.8. The lowest BCUT2D eigenvalue weighted by Gasteiger charge is -2.50. The SMILES string of the molecule is COc1cc(Cl)ccc1-c1ccc(N(C2CC2)C2CC(C)(C)NC(C)(C)C2)nn1. The van der Waals surface area contributed by atoms with Crippen molar-refractivity contribution >= 4 is 17.4 Å². The quantitative estimate of drug-likeness (QED) is 0.738. The molecule has 0 bridgehead atoms. The molecule has 6 heteroatoms. The van der Waals surface area contributed by atoms with Crippen LogP contribution in [0.2, 0.25) is 5.02 Å². The van der Waals surface area contributed by atoms with Gasteiger partial charge in [-0.2, -0.15) is 0 Å². The van der Waals surface area contributed by atoms with Gasteiger partial charge in [0, 0.05) is 33.7 Å². The van der Waals surface area contributed by atoms with Gasteiger partial charge in [0.15, 0.2) is 5.82 Å². The molecule has 2 heterocycles. The summed E-state index contributed by atoms with van der Waals surface area (Å²) in [5, 5.41) is 13.6. The summed E-state index contributed by atoms with van der Waals surface area (Å²) in [6.45, 7) is 9.20. The van der Waals surface area contributed by atoms with Crippen LogP contribution in [-0.4, -0.2) is 40.5 Å². The van der Waals surface area contributed by atoms with Crippen molar-refractivity contribution in [3.05, 3.63) is 35.4 Å². The number of aromatic nitrogens is 2. The monoisotopic (exact) mass is 414 g/mol. The van der Waals surface area contributed by atoms with Crippen molar-refractivity contribution in [1.29, 1.82) is 0 Å². The van der Waals surface area contributed by atoms with E-state index in [1.54, 1.807) is 7.11 Å². The zero-order valence-electron chi connectivity index (χ0n) is 18.0. The van der Waals surface area contributed by atoms with Crippen molar-refractivity contribution in [2.24, 2.45) is 0 Å². The van der Waals surface area contributed by atoms with Crippen molar-refractivity contribution in [3.63, 3.8) is 0 Å². The average molecular weight is 415 g/mol. The van der Waals surface area contributed by atoms with E-state index < -0.39 is 0 Å². The van der Waals surface area contributed by atoms with Gasteiger partial charge in [0.1, 0.15) is 5.75 Å². The first-order valence-electron chi connectivity index (χ1n) is 10.4. The molecule has 1 N–H and O–H groups in total. The van der Waals surface area contributed by atoms with Crippen molar-refractivity contribution in [1.82, 2.24) is 15.5 Å². The van der Waals surface area contributed by atoms with Gasteiger partial charge < -0.3 is 15.0 Å². The fourth-order valence-electron chi connectivity index (χ4n) is 4.97. The fraction of sp³-hybridized carbons (Fsp3) is 0.565. The molecule has 0 atom stereocenters. The molecule has 2 aliphatic rings. The van der Waals surface area contributed by atoms with Crippen LogP contribution in [0.25, 0.3) is 11.3 Å². The molecule has 2 fully saturated rings. The molecular formula is C23H31ClN4O. The van der Waals surface area contributed by atoms with Crippen LogP contribution in [0.4, 0.5) is 5.82 Å². The van der Waals surface area contributed by atoms with E-state index >= 15 is 0 Å². The maximum atomic E-state index is 6.10. The van der Waals surface area contributed by atoms with E-state index in [4.69, 9.17) is 16.3 Å². The van der Waals surface area contributed by atoms with E-state index in [-0.39, 0.29) is 11.1 Å². The first kappa shape index (κ1) is 20.4. The molecule has 1 saturated carbocycles. The zero-order valence-corrected chi connectivity index (χ0v) is 18.8. The minimum absolute atomic E-state index is 0.101. The molecule has 0 radical (unpaired) electrons. The normalized spacial score (nSPS) is 21.0. The van der Waals surface area contributed by atoms with Crippen LogP contribution in [0.3, 0.4) is 0 Å². The molecule has 5 nitrogen and oxygen atoms in total. The molecule has 0 unspecified atom stereocenters. The van der Waals surface area contributed by atoms with Crippen molar-refractivity contribution in [3.8, 4) is 17.0 Å². The second-order valence-corrected chi connectivity index (χ2v) is 10.2. The Morgan fingerprint density at radius 2 is 1.69 bits per heavy atom. The summed E-state index contributed by atoms with van der Waals surface area (Å²) in [4.78, 5) is 2.53. The number of halogens is 1. The number of anilines is 1. The van der Waals surface area contributed by atoms with E-state index in [1.807, 2.05) is 24.3 Å². The minimum Gasteiger partial charge on any atom is -0.496 e. The predicted molar refractivity (Wildman–Crippen MR) is 119 cm³/mol. The number of rotatable bonds is 5. The van der Waals surface area contributed by atoms with Gasteiger partial charge >= 0.3 is 0 Å². The third-order valence-corrected chi connectivity index (χ3v) is 6.09. The second-order valence-electron chi connectivity index (χ2n) is 9.71. The van der Waals surface area contributed by atoms with Crippen LogP contribution in [0.15, 0.2) is 30.3 Å². The summed E-state index contributed by atoms with van der Waals surface area (Å²) in [6, 6.07) is 10.8. The molecule has 1 aromatic carbocycles. The van der Waals surface area contributed by atoms with Crippen LogP contribution in [0, 0.1) is 0 Å². The molecule has 156 valence electrons. The number of piperidine rings is 1. The summed E-state index contributed by atoms with van der Waals surface area (Å²) in [7, 11) is 1.65. The number of hydrogen-bond donors (Lipinski definition) is 1. The lowest BCUT2D eigenvalue weighted by Crippen LogP contribution is -2.62. The Morgan fingerprint density at radius 3 is 2.24 bits per heavy atom. The van der Waals surface area contributed by atoms with Gasteiger partial charge in [-0.1, -0.05) is 11.6 Å². The molecule has 2 aromatic rings. The van der Waals surface area contributed by atoms with Gasteiger partial charge in [0.2, 0.25) is 0 Å². The number of hydrogen-bond acceptors (Lipinski definition) is 5. The third-order valence-electron chi connectivity index (χ3n) is 5.86. The standard InChI is InChI=1S/C23H31ClN4O/c1-22(2)13-17(14-23(3,4)27-22)28(16-7-8-16)21-11-10-19(25-26-21)18-9-6-15(24)12-20(18)29-5/h6,9-12,16-17,27H,7-8,13-14H2,1-5H3.